The molecule has 2 aliphatic rings. The van der Waals surface area contributed by atoms with Crippen LogP contribution in [-0.4, -0.2) is 45.9 Å². The molecule has 0 unspecified atom stereocenters. The SMILES string of the molecule is CCOC(=O)c1cn(-c2ccc3c(c2)CCC3)c2nc(Nc3ccc(C[C@H]4COC(=O)N4)cc3)ncc2c1=O. The van der Waals surface area contributed by atoms with Gasteiger partial charge in [0, 0.05) is 23.8 Å². The lowest BCUT2D eigenvalue weighted by atomic mass is 10.1. The van der Waals surface area contributed by atoms with Crippen molar-refractivity contribution in [3.05, 3.63) is 87.3 Å². The van der Waals surface area contributed by atoms with Gasteiger partial charge in [-0.3, -0.25) is 4.79 Å². The molecule has 1 saturated heterocycles. The molecule has 198 valence electrons. The van der Waals surface area contributed by atoms with Gasteiger partial charge < -0.3 is 24.7 Å². The number of carbonyl (C=O) groups is 2. The third kappa shape index (κ3) is 4.93. The second-order valence-electron chi connectivity index (χ2n) is 9.67. The molecule has 2 aromatic heterocycles. The van der Waals surface area contributed by atoms with Crippen LogP contribution in [0.5, 0.6) is 0 Å². The lowest BCUT2D eigenvalue weighted by Gasteiger charge is -2.15. The van der Waals surface area contributed by atoms with E-state index in [0.29, 0.717) is 24.6 Å². The molecule has 1 fully saturated rings. The average Bonchev–Trinajstić information content (AvgIpc) is 3.58. The van der Waals surface area contributed by atoms with E-state index >= 15 is 0 Å². The summed E-state index contributed by atoms with van der Waals surface area (Å²) in [6.07, 6.45) is 6.37. The molecule has 0 spiro atoms. The zero-order valence-electron chi connectivity index (χ0n) is 21.4. The highest BCUT2D eigenvalue weighted by molar-refractivity contribution is 5.93. The van der Waals surface area contributed by atoms with E-state index in [1.54, 1.807) is 11.5 Å². The number of pyridine rings is 1. The molecule has 0 bridgehead atoms. The highest BCUT2D eigenvalue weighted by Gasteiger charge is 2.22. The number of cyclic esters (lactones) is 1. The highest BCUT2D eigenvalue weighted by atomic mass is 16.6. The number of esters is 1. The van der Waals surface area contributed by atoms with Crippen molar-refractivity contribution in [3.8, 4) is 5.69 Å². The van der Waals surface area contributed by atoms with Crippen molar-refractivity contribution >= 4 is 34.7 Å². The van der Waals surface area contributed by atoms with Crippen molar-refractivity contribution in [1.82, 2.24) is 19.9 Å². The van der Waals surface area contributed by atoms with Crippen LogP contribution in [-0.2, 0) is 28.7 Å². The monoisotopic (exact) mass is 525 g/mol. The van der Waals surface area contributed by atoms with Crippen LogP contribution in [0.1, 0.15) is 40.4 Å². The summed E-state index contributed by atoms with van der Waals surface area (Å²) in [6.45, 7) is 2.22. The maximum atomic E-state index is 13.2. The summed E-state index contributed by atoms with van der Waals surface area (Å²) < 4.78 is 11.9. The van der Waals surface area contributed by atoms with Gasteiger partial charge in [0.05, 0.1) is 18.0 Å². The molecule has 1 amide bonds. The molecule has 2 N–H and O–H groups in total. The van der Waals surface area contributed by atoms with Gasteiger partial charge in [-0.2, -0.15) is 4.98 Å². The molecule has 1 aliphatic heterocycles. The van der Waals surface area contributed by atoms with Crippen molar-refractivity contribution in [3.63, 3.8) is 0 Å². The van der Waals surface area contributed by atoms with Crippen LogP contribution < -0.4 is 16.1 Å². The number of nitrogens with one attached hydrogen (secondary N) is 2. The van der Waals surface area contributed by atoms with Gasteiger partial charge >= 0.3 is 12.1 Å². The fraction of sp³-hybridized carbons (Fsp3) is 0.276. The van der Waals surface area contributed by atoms with Crippen molar-refractivity contribution in [2.75, 3.05) is 18.5 Å². The molecule has 2 aromatic carbocycles. The maximum absolute atomic E-state index is 13.2. The minimum absolute atomic E-state index is 0.0458. The molecule has 3 heterocycles. The summed E-state index contributed by atoms with van der Waals surface area (Å²) in [5.41, 5.74) is 5.05. The van der Waals surface area contributed by atoms with Crippen LogP contribution in [0.3, 0.4) is 0 Å². The van der Waals surface area contributed by atoms with Crippen LogP contribution in [0.25, 0.3) is 16.7 Å². The van der Waals surface area contributed by atoms with Gasteiger partial charge in [-0.1, -0.05) is 18.2 Å². The van der Waals surface area contributed by atoms with E-state index in [1.165, 1.54) is 23.5 Å². The third-order valence-electron chi connectivity index (χ3n) is 7.03. The minimum atomic E-state index is -0.676. The third-order valence-corrected chi connectivity index (χ3v) is 7.03. The fourth-order valence-corrected chi connectivity index (χ4v) is 5.10. The number of benzene rings is 2. The van der Waals surface area contributed by atoms with Gasteiger partial charge in [-0.25, -0.2) is 14.6 Å². The van der Waals surface area contributed by atoms with Crippen LogP contribution in [0.15, 0.2) is 59.7 Å². The number of fused-ring (bicyclic) bond motifs is 2. The standard InChI is InChI=1S/C29H27N5O5/c1-2-38-27(36)24-15-34(22-11-8-18-4-3-5-19(18)13-22)26-23(25(24)35)14-30-28(33-26)31-20-9-6-17(7-10-20)12-21-16-39-29(37)32-21/h6-11,13-15,21H,2-5,12,16H2,1H3,(H,32,37)(H,30,31,33)/t21-/m0/s1. The highest BCUT2D eigenvalue weighted by Crippen LogP contribution is 2.26. The number of hydrogen-bond acceptors (Lipinski definition) is 8. The Morgan fingerprint density at radius 2 is 1.97 bits per heavy atom. The van der Waals surface area contributed by atoms with E-state index in [9.17, 15) is 14.4 Å². The normalized spacial score (nSPS) is 16.0. The van der Waals surface area contributed by atoms with Gasteiger partial charge in [0.25, 0.3) is 0 Å². The summed E-state index contributed by atoms with van der Waals surface area (Å²) in [7, 11) is 0. The van der Waals surface area contributed by atoms with Crippen molar-refractivity contribution in [1.29, 1.82) is 0 Å². The lowest BCUT2D eigenvalue weighted by Crippen LogP contribution is -2.28. The van der Waals surface area contributed by atoms with Crippen LogP contribution in [0.4, 0.5) is 16.4 Å². The van der Waals surface area contributed by atoms with E-state index in [4.69, 9.17) is 9.47 Å². The van der Waals surface area contributed by atoms with E-state index < -0.39 is 11.4 Å². The molecular formula is C29H27N5O5. The van der Waals surface area contributed by atoms with Crippen LogP contribution >= 0.6 is 0 Å². The first-order chi connectivity index (χ1) is 19.0. The van der Waals surface area contributed by atoms with Crippen molar-refractivity contribution in [2.45, 2.75) is 38.6 Å². The first-order valence-corrected chi connectivity index (χ1v) is 13.0. The fourth-order valence-electron chi connectivity index (χ4n) is 5.10. The lowest BCUT2D eigenvalue weighted by molar-refractivity contribution is 0.0524. The topological polar surface area (TPSA) is 124 Å². The Hall–Kier alpha value is -4.73. The number of hydrogen-bond donors (Lipinski definition) is 2. The number of ether oxygens (including phenoxy) is 2. The van der Waals surface area contributed by atoms with Crippen molar-refractivity contribution < 1.29 is 19.1 Å². The molecular weight excluding hydrogens is 498 g/mol. The summed E-state index contributed by atoms with van der Waals surface area (Å²) in [4.78, 5) is 46.2. The average molecular weight is 526 g/mol. The van der Waals surface area contributed by atoms with E-state index in [-0.39, 0.29) is 29.7 Å². The summed E-state index contributed by atoms with van der Waals surface area (Å²) in [6, 6.07) is 13.8. The molecule has 4 aromatic rings. The van der Waals surface area contributed by atoms with Crippen molar-refractivity contribution in [2.24, 2.45) is 0 Å². The first kappa shape index (κ1) is 24.6. The number of amides is 1. The second-order valence-corrected chi connectivity index (χ2v) is 9.67. The number of rotatable bonds is 7. The zero-order chi connectivity index (χ0) is 26.9. The molecule has 0 saturated carbocycles. The van der Waals surface area contributed by atoms with Gasteiger partial charge in [-0.05, 0) is 73.6 Å². The summed E-state index contributed by atoms with van der Waals surface area (Å²) >= 11 is 0. The molecule has 1 atom stereocenters. The summed E-state index contributed by atoms with van der Waals surface area (Å²) in [5.74, 6) is -0.366. The quantitative estimate of drug-likeness (QED) is 0.349. The minimum Gasteiger partial charge on any atom is -0.462 e. The van der Waals surface area contributed by atoms with Crippen LogP contribution in [0, 0.1) is 0 Å². The number of carbonyl (C=O) groups excluding carboxylic acids is 2. The van der Waals surface area contributed by atoms with Gasteiger partial charge in [0.2, 0.25) is 11.4 Å². The molecule has 10 heteroatoms. The number of nitrogens with zero attached hydrogens (tertiary/aromatic N) is 3. The number of aromatic nitrogens is 3. The number of alkyl carbamates (subject to hydrolysis) is 1. The van der Waals surface area contributed by atoms with Gasteiger partial charge in [0.1, 0.15) is 12.2 Å². The van der Waals surface area contributed by atoms with E-state index in [0.717, 1.165) is 36.2 Å². The predicted molar refractivity (Wildman–Crippen MR) is 145 cm³/mol. The molecule has 1 aliphatic carbocycles. The smallest absolute Gasteiger partial charge is 0.407 e. The first-order valence-electron chi connectivity index (χ1n) is 13.0. The Balaban J connectivity index is 1.35. The molecule has 10 nitrogen and oxygen atoms in total. The Morgan fingerprint density at radius 1 is 1.15 bits per heavy atom. The largest absolute Gasteiger partial charge is 0.462 e. The Kier molecular flexibility index (Phi) is 6.44. The van der Waals surface area contributed by atoms with Gasteiger partial charge in [-0.15, -0.1) is 0 Å². The molecule has 0 radical (unpaired) electrons. The number of aryl methyl sites for hydroxylation is 2. The summed E-state index contributed by atoms with van der Waals surface area (Å²) in [5, 5.41) is 6.20. The number of anilines is 2. The van der Waals surface area contributed by atoms with E-state index in [2.05, 4.69) is 32.7 Å². The Labute approximate surface area is 224 Å². The van der Waals surface area contributed by atoms with Gasteiger partial charge in [0.15, 0.2) is 5.65 Å². The predicted octanol–water partition coefficient (Wildman–Crippen LogP) is 3.84. The zero-order valence-corrected chi connectivity index (χ0v) is 21.4. The Bertz CT molecular complexity index is 1650. The molecule has 39 heavy (non-hydrogen) atoms. The van der Waals surface area contributed by atoms with E-state index in [1.807, 2.05) is 30.3 Å². The van der Waals surface area contributed by atoms with Crippen LogP contribution in [0.2, 0.25) is 0 Å². The second kappa shape index (κ2) is 10.2. The Morgan fingerprint density at radius 3 is 2.74 bits per heavy atom. The molecule has 6 rings (SSSR count). The maximum Gasteiger partial charge on any atom is 0.407 e.